The predicted octanol–water partition coefficient (Wildman–Crippen LogP) is 4.11. The molecule has 20 heteroatoms. The molecule has 3 aromatic carbocycles. The molecule has 0 aliphatic carbocycles. The topological polar surface area (TPSA) is 245 Å². The van der Waals surface area contributed by atoms with Gasteiger partial charge in [0.15, 0.2) is 0 Å². The summed E-state index contributed by atoms with van der Waals surface area (Å²) in [4.78, 5) is 54.7. The first-order chi connectivity index (χ1) is 30.8. The lowest BCUT2D eigenvalue weighted by molar-refractivity contribution is -0.0960. The number of rotatable bonds is 18. The Balaban J connectivity index is 1.23. The fourth-order valence-corrected chi connectivity index (χ4v) is 9.08. The highest BCUT2D eigenvalue weighted by atomic mass is 31.2. The lowest BCUT2D eigenvalue weighted by Gasteiger charge is -2.37. The maximum absolute atomic E-state index is 14.7. The Bertz CT molecular complexity index is 2680. The zero-order valence-corrected chi connectivity index (χ0v) is 36.3. The highest BCUT2D eigenvalue weighted by Crippen LogP contribution is 2.54. The van der Waals surface area contributed by atoms with Gasteiger partial charge in [-0.3, -0.25) is 42.3 Å². The van der Waals surface area contributed by atoms with Gasteiger partial charge >= 0.3 is 19.2 Å². The van der Waals surface area contributed by atoms with Crippen molar-refractivity contribution in [1.82, 2.24) is 19.1 Å². The second kappa shape index (κ2) is 19.8. The van der Waals surface area contributed by atoms with Gasteiger partial charge in [0.05, 0.1) is 52.6 Å². The van der Waals surface area contributed by atoms with Crippen LogP contribution in [0.15, 0.2) is 110 Å². The maximum atomic E-state index is 14.7. The van der Waals surface area contributed by atoms with Crippen molar-refractivity contribution in [3.63, 3.8) is 0 Å². The first kappa shape index (κ1) is 46.1. The average molecular weight is 902 g/mol. The van der Waals surface area contributed by atoms with Crippen LogP contribution in [0.1, 0.15) is 59.5 Å². The number of aryl methyl sites for hydroxylation is 2. The van der Waals surface area contributed by atoms with Crippen LogP contribution in [0.5, 0.6) is 11.5 Å². The third-order valence-electron chi connectivity index (χ3n) is 11.1. The fraction of sp³-hybridized carbons (Fsp3) is 0.386. The minimum absolute atomic E-state index is 0.0731. The zero-order chi connectivity index (χ0) is 45.6. The van der Waals surface area contributed by atoms with Gasteiger partial charge in [-0.2, -0.15) is 5.26 Å². The summed E-state index contributed by atoms with van der Waals surface area (Å²) in [7, 11) is -1.58. The number of aliphatic hydroxyl groups excluding tert-OH is 1. The fourth-order valence-electron chi connectivity index (χ4n) is 7.68. The predicted molar refractivity (Wildman–Crippen MR) is 228 cm³/mol. The van der Waals surface area contributed by atoms with Crippen molar-refractivity contribution in [2.45, 2.75) is 75.6 Å². The number of nitrogens with one attached hydrogen (secondary N) is 2. The number of methoxy groups -OCH3 is 2. The van der Waals surface area contributed by atoms with Crippen molar-refractivity contribution in [1.29, 1.82) is 5.26 Å². The molecule has 0 saturated carbocycles. The van der Waals surface area contributed by atoms with E-state index >= 15 is 0 Å². The first-order valence-electron chi connectivity index (χ1n) is 20.3. The van der Waals surface area contributed by atoms with Gasteiger partial charge in [0.1, 0.15) is 47.9 Å². The quantitative estimate of drug-likeness (QED) is 0.0637. The van der Waals surface area contributed by atoms with Gasteiger partial charge in [-0.1, -0.05) is 54.6 Å². The lowest BCUT2D eigenvalue weighted by Crippen LogP contribution is -2.38. The summed E-state index contributed by atoms with van der Waals surface area (Å²) in [5.74, 6) is 1.22. The van der Waals surface area contributed by atoms with E-state index in [1.807, 2.05) is 60.7 Å². The van der Waals surface area contributed by atoms with Gasteiger partial charge in [0, 0.05) is 36.4 Å². The molecular formula is C44H48N5O14P. The molecule has 4 heterocycles. The summed E-state index contributed by atoms with van der Waals surface area (Å²) in [5, 5.41) is 20.3. The van der Waals surface area contributed by atoms with Gasteiger partial charge in [-0.15, -0.1) is 0 Å². The van der Waals surface area contributed by atoms with Crippen molar-refractivity contribution in [3.8, 4) is 17.6 Å². The molecular weight excluding hydrogens is 853 g/mol. The largest absolute Gasteiger partial charge is 0.497 e. The summed E-state index contributed by atoms with van der Waals surface area (Å²) < 4.78 is 65.3. The Kier molecular flexibility index (Phi) is 14.3. The number of aliphatic hydroxyl groups is 1. The molecule has 7 atom stereocenters. The van der Waals surface area contributed by atoms with Gasteiger partial charge in [0.25, 0.3) is 11.1 Å². The second-order valence-corrected chi connectivity index (χ2v) is 16.8. The van der Waals surface area contributed by atoms with E-state index in [4.69, 9.17) is 37.3 Å². The number of benzene rings is 3. The van der Waals surface area contributed by atoms with Gasteiger partial charge < -0.3 is 28.8 Å². The maximum Gasteiger partial charge on any atom is 0.475 e. The zero-order valence-electron chi connectivity index (χ0n) is 35.4. The minimum Gasteiger partial charge on any atom is -0.497 e. The van der Waals surface area contributed by atoms with E-state index in [1.54, 1.807) is 38.5 Å². The van der Waals surface area contributed by atoms with E-state index in [1.165, 1.54) is 30.8 Å². The summed E-state index contributed by atoms with van der Waals surface area (Å²) in [5.41, 5.74) is -1.40. The minimum atomic E-state index is -4.70. The Labute approximate surface area is 366 Å². The molecule has 0 spiro atoms. The number of nitriles is 1. The van der Waals surface area contributed by atoms with Gasteiger partial charge in [-0.25, -0.2) is 14.2 Å². The first-order valence-corrected chi connectivity index (χ1v) is 21.8. The molecule has 64 heavy (non-hydrogen) atoms. The van der Waals surface area contributed by atoms with Crippen molar-refractivity contribution in [2.75, 3.05) is 34.0 Å². The average Bonchev–Trinajstić information content (AvgIpc) is 3.88. The standard InChI is InChI=1S/C44H48N5O14P/c1-27-23-48(42(53)46-40(27)51)38-21-34(50)36(61-38)26-60-64(55,59-20-8-19-45)63-35-22-39(49-24-28(2)41(52)47-43(49)54)62-37(35)25-58-44(29-9-6-5-7-10-29,30-11-15-32(56-3)16-12-30)31-13-17-33(57-4)18-14-31/h5-7,9-18,23-24,34-39,50H,8,20-22,25-26H2,1-4H3,(H,46,51,53)(H,47,52,54)/t34-,35-,36+,37+,38+,39+,64?/m0/s1. The third-order valence-corrected chi connectivity index (χ3v) is 12.6. The third kappa shape index (κ3) is 9.89. The van der Waals surface area contributed by atoms with E-state index in [9.17, 15) is 34.1 Å². The molecule has 2 aliphatic rings. The van der Waals surface area contributed by atoms with Crippen molar-refractivity contribution >= 4 is 7.82 Å². The number of hydrogen-bond donors (Lipinski definition) is 3. The number of hydrogen-bond acceptors (Lipinski definition) is 15. The van der Waals surface area contributed by atoms with Crippen LogP contribution in [0.3, 0.4) is 0 Å². The van der Waals surface area contributed by atoms with Crippen LogP contribution in [0, 0.1) is 25.2 Å². The molecule has 0 amide bonds. The molecule has 7 rings (SSSR count). The number of aromatic nitrogens is 4. The van der Waals surface area contributed by atoms with Crippen LogP contribution in [-0.2, 0) is 37.9 Å². The number of nitrogens with zero attached hydrogens (tertiary/aromatic N) is 3. The van der Waals surface area contributed by atoms with E-state index in [2.05, 4.69) is 9.97 Å². The molecule has 2 fully saturated rings. The Hall–Kier alpha value is -5.94. The molecule has 2 aromatic heterocycles. The highest BCUT2D eigenvalue weighted by molar-refractivity contribution is 7.48. The van der Waals surface area contributed by atoms with Crippen LogP contribution in [-0.4, -0.2) is 82.7 Å². The normalized spacial score (nSPS) is 21.9. The van der Waals surface area contributed by atoms with Gasteiger partial charge in [0.2, 0.25) is 0 Å². The molecule has 2 saturated heterocycles. The van der Waals surface area contributed by atoms with Crippen LogP contribution in [0.25, 0.3) is 0 Å². The van der Waals surface area contributed by atoms with E-state index in [0.717, 1.165) is 10.1 Å². The summed E-state index contributed by atoms with van der Waals surface area (Å²) in [6, 6.07) is 26.1. The second-order valence-electron chi connectivity index (χ2n) is 15.2. The molecule has 2 aliphatic heterocycles. The van der Waals surface area contributed by atoms with Crippen LogP contribution in [0.4, 0.5) is 0 Å². The van der Waals surface area contributed by atoms with Crippen molar-refractivity contribution in [3.05, 3.63) is 161 Å². The summed E-state index contributed by atoms with van der Waals surface area (Å²) in [6.45, 7) is 1.85. The molecule has 19 nitrogen and oxygen atoms in total. The van der Waals surface area contributed by atoms with E-state index < -0.39 is 79.4 Å². The Morgan fingerprint density at radius 2 is 1.27 bits per heavy atom. The van der Waals surface area contributed by atoms with Gasteiger partial charge in [-0.05, 0) is 54.8 Å². The number of aromatic amines is 2. The number of ether oxygens (including phenoxy) is 5. The Morgan fingerprint density at radius 3 is 1.80 bits per heavy atom. The monoisotopic (exact) mass is 901 g/mol. The van der Waals surface area contributed by atoms with Crippen molar-refractivity contribution < 1.29 is 46.9 Å². The van der Waals surface area contributed by atoms with Crippen LogP contribution < -0.4 is 32.0 Å². The molecule has 338 valence electrons. The SMILES string of the molecule is COc1ccc(C(OC[C@H]2O[C@@H](n3cc(C)c(=O)[nH]c3=O)C[C@@H]2OP(=O)(OCCC#N)OC[C@H]2O[C@@H](n3cc(C)c(=O)[nH]c3=O)C[C@@H]2O)(c2ccccc2)c2ccc(OC)cc2)cc1. The Morgan fingerprint density at radius 1 is 0.750 bits per heavy atom. The molecule has 1 unspecified atom stereocenters. The molecule has 3 N–H and O–H groups in total. The lowest BCUT2D eigenvalue weighted by atomic mass is 9.80. The smallest absolute Gasteiger partial charge is 0.475 e. The number of phosphoric acid groups is 1. The molecule has 5 aromatic rings. The van der Waals surface area contributed by atoms with Crippen LogP contribution in [0.2, 0.25) is 0 Å². The van der Waals surface area contributed by atoms with E-state index in [0.29, 0.717) is 22.6 Å². The molecule has 0 bridgehead atoms. The number of H-pyrrole nitrogens is 2. The molecule has 0 radical (unpaired) electrons. The highest BCUT2D eigenvalue weighted by Gasteiger charge is 2.47. The summed E-state index contributed by atoms with van der Waals surface area (Å²) >= 11 is 0. The number of phosphoric ester groups is 1. The van der Waals surface area contributed by atoms with Crippen molar-refractivity contribution in [2.24, 2.45) is 0 Å². The summed E-state index contributed by atoms with van der Waals surface area (Å²) in [6.07, 6.45) is -4.47. The van der Waals surface area contributed by atoms with E-state index in [-0.39, 0.29) is 43.6 Å². The van der Waals surface area contributed by atoms with Crippen LogP contribution >= 0.6 is 7.82 Å².